The number of anilines is 1. The number of amides is 1. The molecule has 0 aliphatic heterocycles. The van der Waals surface area contributed by atoms with Gasteiger partial charge in [0.15, 0.2) is 23.9 Å². The van der Waals surface area contributed by atoms with Crippen LogP contribution in [0.5, 0.6) is 11.5 Å². The normalized spacial score (nSPS) is 10.8. The van der Waals surface area contributed by atoms with Crippen LogP contribution in [-0.2, 0) is 4.79 Å². The van der Waals surface area contributed by atoms with Crippen molar-refractivity contribution in [1.82, 2.24) is 0 Å². The van der Waals surface area contributed by atoms with Gasteiger partial charge in [-0.05, 0) is 62.7 Å². The Morgan fingerprint density at radius 1 is 1.00 bits per heavy atom. The molecule has 1 heterocycles. The molecule has 0 saturated heterocycles. The number of allylic oxidation sites excluding steroid dienone is 1. The Bertz CT molecular complexity index is 1080. The summed E-state index contributed by atoms with van der Waals surface area (Å²) in [6.07, 6.45) is 3.20. The molecule has 31 heavy (non-hydrogen) atoms. The number of rotatable bonds is 9. The average molecular weight is 419 g/mol. The molecule has 1 N–H and O–H groups in total. The monoisotopic (exact) mass is 419 g/mol. The summed E-state index contributed by atoms with van der Waals surface area (Å²) in [5, 5.41) is 2.77. The molecule has 0 spiro atoms. The lowest BCUT2D eigenvalue weighted by Gasteiger charge is -2.12. The molecule has 3 aromatic rings. The van der Waals surface area contributed by atoms with Crippen molar-refractivity contribution in [2.24, 2.45) is 0 Å². The third kappa shape index (κ3) is 6.09. The Labute approximate surface area is 181 Å². The molecule has 0 fully saturated rings. The fraction of sp³-hybridized carbons (Fsp3) is 0.200. The number of hydrogen-bond donors (Lipinski definition) is 1. The predicted molar refractivity (Wildman–Crippen MR) is 120 cm³/mol. The van der Waals surface area contributed by atoms with E-state index >= 15 is 0 Å². The molecule has 1 amide bonds. The molecule has 0 aliphatic rings. The zero-order chi connectivity index (χ0) is 22.2. The minimum absolute atomic E-state index is 0.134. The summed E-state index contributed by atoms with van der Waals surface area (Å²) in [6.45, 7) is 5.72. The SMILES string of the molecule is CCOc1cc(/C=C/C(=O)c2cc(C)oc2C)ccc1OCC(=O)Nc1ccccc1. The van der Waals surface area contributed by atoms with Gasteiger partial charge >= 0.3 is 0 Å². The third-order valence-electron chi connectivity index (χ3n) is 4.42. The zero-order valence-electron chi connectivity index (χ0n) is 17.8. The van der Waals surface area contributed by atoms with E-state index < -0.39 is 0 Å². The van der Waals surface area contributed by atoms with E-state index in [1.807, 2.05) is 25.1 Å². The quantitative estimate of drug-likeness (QED) is 0.381. The van der Waals surface area contributed by atoms with Crippen molar-refractivity contribution < 1.29 is 23.5 Å². The van der Waals surface area contributed by atoms with Gasteiger partial charge in [0.25, 0.3) is 5.91 Å². The molecule has 160 valence electrons. The number of ketones is 1. The second kappa shape index (κ2) is 10.3. The topological polar surface area (TPSA) is 77.8 Å². The Balaban J connectivity index is 1.66. The highest BCUT2D eigenvalue weighted by molar-refractivity contribution is 6.07. The first kappa shape index (κ1) is 21.9. The Morgan fingerprint density at radius 3 is 2.45 bits per heavy atom. The van der Waals surface area contributed by atoms with Gasteiger partial charge in [-0.15, -0.1) is 0 Å². The van der Waals surface area contributed by atoms with Crippen LogP contribution < -0.4 is 14.8 Å². The molecular formula is C25H25NO5. The molecule has 0 saturated carbocycles. The molecule has 3 rings (SSSR count). The van der Waals surface area contributed by atoms with Gasteiger partial charge in [0.1, 0.15) is 11.5 Å². The number of carbonyl (C=O) groups is 2. The fourth-order valence-electron chi connectivity index (χ4n) is 3.01. The van der Waals surface area contributed by atoms with E-state index in [9.17, 15) is 9.59 Å². The standard InChI is InChI=1S/C25H25NO5/c1-4-29-24-15-19(10-12-22(27)21-14-17(2)31-18(21)3)11-13-23(24)30-16-25(28)26-20-8-6-5-7-9-20/h5-15H,4,16H2,1-3H3,(H,26,28)/b12-10+. The molecule has 0 radical (unpaired) electrons. The van der Waals surface area contributed by atoms with Crippen molar-refractivity contribution in [1.29, 1.82) is 0 Å². The van der Waals surface area contributed by atoms with Crippen LogP contribution in [0.25, 0.3) is 6.08 Å². The van der Waals surface area contributed by atoms with E-state index in [1.165, 1.54) is 6.08 Å². The van der Waals surface area contributed by atoms with Gasteiger partial charge in [0.2, 0.25) is 0 Å². The maximum Gasteiger partial charge on any atom is 0.262 e. The highest BCUT2D eigenvalue weighted by atomic mass is 16.5. The van der Waals surface area contributed by atoms with Crippen molar-refractivity contribution in [3.05, 3.63) is 83.3 Å². The van der Waals surface area contributed by atoms with Crippen LogP contribution in [0.2, 0.25) is 0 Å². The summed E-state index contributed by atoms with van der Waals surface area (Å²) in [4.78, 5) is 24.5. The maximum atomic E-state index is 12.4. The summed E-state index contributed by atoms with van der Waals surface area (Å²) in [6, 6.07) is 16.2. The molecule has 0 bridgehead atoms. The Kier molecular flexibility index (Phi) is 7.27. The predicted octanol–water partition coefficient (Wildman–Crippen LogP) is 5.21. The van der Waals surface area contributed by atoms with E-state index in [4.69, 9.17) is 13.9 Å². The van der Waals surface area contributed by atoms with Gasteiger partial charge in [0, 0.05) is 5.69 Å². The van der Waals surface area contributed by atoms with Gasteiger partial charge in [-0.3, -0.25) is 9.59 Å². The molecule has 0 atom stereocenters. The molecule has 2 aromatic carbocycles. The van der Waals surface area contributed by atoms with Crippen molar-refractivity contribution in [3.8, 4) is 11.5 Å². The molecule has 0 aliphatic carbocycles. The van der Waals surface area contributed by atoms with Crippen LogP contribution in [0.15, 0.2) is 65.1 Å². The van der Waals surface area contributed by atoms with Crippen LogP contribution in [0.3, 0.4) is 0 Å². The lowest BCUT2D eigenvalue weighted by molar-refractivity contribution is -0.118. The van der Waals surface area contributed by atoms with Gasteiger partial charge in [-0.1, -0.05) is 30.3 Å². The Hall–Kier alpha value is -3.80. The highest BCUT2D eigenvalue weighted by Gasteiger charge is 2.12. The number of para-hydroxylation sites is 1. The van der Waals surface area contributed by atoms with Crippen LogP contribution in [0, 0.1) is 13.8 Å². The first-order chi connectivity index (χ1) is 15.0. The Morgan fingerprint density at radius 2 is 1.77 bits per heavy atom. The lowest BCUT2D eigenvalue weighted by Crippen LogP contribution is -2.20. The largest absolute Gasteiger partial charge is 0.490 e. The first-order valence-corrected chi connectivity index (χ1v) is 10.00. The average Bonchev–Trinajstić information content (AvgIpc) is 3.10. The third-order valence-corrected chi connectivity index (χ3v) is 4.42. The van der Waals surface area contributed by atoms with E-state index in [2.05, 4.69) is 5.32 Å². The molecule has 6 heteroatoms. The minimum Gasteiger partial charge on any atom is -0.490 e. The molecule has 1 aromatic heterocycles. The second-order valence-electron chi connectivity index (χ2n) is 6.87. The lowest BCUT2D eigenvalue weighted by atomic mass is 10.1. The van der Waals surface area contributed by atoms with Crippen LogP contribution in [-0.4, -0.2) is 24.9 Å². The highest BCUT2D eigenvalue weighted by Crippen LogP contribution is 2.29. The number of aryl methyl sites for hydroxylation is 2. The summed E-state index contributed by atoms with van der Waals surface area (Å²) in [5.74, 6) is 1.85. The number of nitrogens with one attached hydrogen (secondary N) is 1. The maximum absolute atomic E-state index is 12.4. The minimum atomic E-state index is -0.269. The fourth-order valence-corrected chi connectivity index (χ4v) is 3.01. The number of benzene rings is 2. The van der Waals surface area contributed by atoms with Gasteiger partial charge in [-0.25, -0.2) is 0 Å². The summed E-state index contributed by atoms with van der Waals surface area (Å²) >= 11 is 0. The van der Waals surface area contributed by atoms with E-state index in [-0.39, 0.29) is 18.3 Å². The number of furan rings is 1. The van der Waals surface area contributed by atoms with Crippen molar-refractivity contribution >= 4 is 23.5 Å². The van der Waals surface area contributed by atoms with Gasteiger partial charge in [0.05, 0.1) is 12.2 Å². The van der Waals surface area contributed by atoms with E-state index in [0.29, 0.717) is 40.9 Å². The van der Waals surface area contributed by atoms with E-state index in [0.717, 1.165) is 5.56 Å². The van der Waals surface area contributed by atoms with Crippen molar-refractivity contribution in [2.75, 3.05) is 18.5 Å². The van der Waals surface area contributed by atoms with Gasteiger partial charge < -0.3 is 19.2 Å². The molecule has 0 unspecified atom stereocenters. The number of carbonyl (C=O) groups excluding carboxylic acids is 2. The van der Waals surface area contributed by atoms with Gasteiger partial charge in [-0.2, -0.15) is 0 Å². The van der Waals surface area contributed by atoms with Crippen LogP contribution >= 0.6 is 0 Å². The first-order valence-electron chi connectivity index (χ1n) is 10.00. The number of ether oxygens (including phenoxy) is 2. The molecular weight excluding hydrogens is 394 g/mol. The van der Waals surface area contributed by atoms with Crippen molar-refractivity contribution in [2.45, 2.75) is 20.8 Å². The van der Waals surface area contributed by atoms with Crippen molar-refractivity contribution in [3.63, 3.8) is 0 Å². The number of hydrogen-bond acceptors (Lipinski definition) is 5. The van der Waals surface area contributed by atoms with Crippen LogP contribution in [0.4, 0.5) is 5.69 Å². The van der Waals surface area contributed by atoms with E-state index in [1.54, 1.807) is 56.3 Å². The molecule has 6 nitrogen and oxygen atoms in total. The zero-order valence-corrected chi connectivity index (χ0v) is 17.8. The summed E-state index contributed by atoms with van der Waals surface area (Å²) in [7, 11) is 0. The van der Waals surface area contributed by atoms with Crippen LogP contribution in [0.1, 0.15) is 34.4 Å². The second-order valence-corrected chi connectivity index (χ2v) is 6.87. The smallest absolute Gasteiger partial charge is 0.262 e. The summed E-state index contributed by atoms with van der Waals surface area (Å²) < 4.78 is 16.7. The summed E-state index contributed by atoms with van der Waals surface area (Å²) in [5.41, 5.74) is 2.02.